The fourth-order valence-electron chi connectivity index (χ4n) is 1.34. The first-order valence-electron chi connectivity index (χ1n) is 4.96. The van der Waals surface area contributed by atoms with Crippen LogP contribution in [-0.2, 0) is 0 Å². The standard InChI is InChI=1S/C12H9Cl3O3/c13-4-10(16)7-1-8(11(17)5-14)3-9(2-7)12(18)6-15/h1-3H,4-6H2. The molecule has 96 valence electrons. The molecule has 0 N–H and O–H groups in total. The zero-order valence-electron chi connectivity index (χ0n) is 9.21. The van der Waals surface area contributed by atoms with Crippen molar-refractivity contribution in [3.8, 4) is 0 Å². The van der Waals surface area contributed by atoms with Crippen LogP contribution in [0.4, 0.5) is 0 Å². The number of carbonyl (C=O) groups is 3. The third-order valence-corrected chi connectivity index (χ3v) is 2.99. The number of Topliss-reactive ketones (excluding diaryl/α,β-unsaturated/α-hetero) is 3. The van der Waals surface area contributed by atoms with Crippen molar-refractivity contribution in [2.24, 2.45) is 0 Å². The van der Waals surface area contributed by atoms with Gasteiger partial charge in [-0.2, -0.15) is 0 Å². The van der Waals surface area contributed by atoms with Crippen LogP contribution in [0.1, 0.15) is 31.1 Å². The van der Waals surface area contributed by atoms with E-state index in [4.69, 9.17) is 34.8 Å². The summed E-state index contributed by atoms with van der Waals surface area (Å²) in [6.45, 7) is 0. The molecular weight excluding hydrogens is 298 g/mol. The molecule has 0 fully saturated rings. The van der Waals surface area contributed by atoms with E-state index >= 15 is 0 Å². The van der Waals surface area contributed by atoms with E-state index in [-0.39, 0.29) is 51.7 Å². The van der Waals surface area contributed by atoms with Crippen molar-refractivity contribution < 1.29 is 14.4 Å². The van der Waals surface area contributed by atoms with Gasteiger partial charge in [0.25, 0.3) is 0 Å². The molecule has 0 aliphatic heterocycles. The molecule has 1 aromatic carbocycles. The molecule has 0 saturated heterocycles. The zero-order chi connectivity index (χ0) is 13.7. The van der Waals surface area contributed by atoms with Crippen molar-refractivity contribution >= 4 is 52.2 Å². The van der Waals surface area contributed by atoms with Crippen molar-refractivity contribution in [2.75, 3.05) is 17.6 Å². The quantitative estimate of drug-likeness (QED) is 0.600. The number of benzene rings is 1. The molecule has 0 atom stereocenters. The topological polar surface area (TPSA) is 51.2 Å². The van der Waals surface area contributed by atoms with Crippen LogP contribution in [0.5, 0.6) is 0 Å². The third-order valence-electron chi connectivity index (χ3n) is 2.26. The molecule has 18 heavy (non-hydrogen) atoms. The van der Waals surface area contributed by atoms with Gasteiger partial charge in [0.1, 0.15) is 0 Å². The number of rotatable bonds is 6. The van der Waals surface area contributed by atoms with Crippen LogP contribution in [-0.4, -0.2) is 35.0 Å². The maximum atomic E-state index is 11.5. The van der Waals surface area contributed by atoms with Crippen LogP contribution in [0.3, 0.4) is 0 Å². The Hall–Kier alpha value is -0.900. The Labute approximate surface area is 119 Å². The second-order valence-electron chi connectivity index (χ2n) is 3.47. The van der Waals surface area contributed by atoms with E-state index in [1.807, 2.05) is 0 Å². The molecule has 0 aromatic heterocycles. The number of hydrogen-bond acceptors (Lipinski definition) is 3. The Kier molecular flexibility index (Phi) is 5.79. The first-order valence-corrected chi connectivity index (χ1v) is 6.56. The number of alkyl halides is 3. The number of halogens is 3. The summed E-state index contributed by atoms with van der Waals surface area (Å²) in [6.07, 6.45) is 0. The zero-order valence-corrected chi connectivity index (χ0v) is 11.5. The lowest BCUT2D eigenvalue weighted by atomic mass is 9.99. The molecule has 3 nitrogen and oxygen atoms in total. The van der Waals surface area contributed by atoms with E-state index in [1.165, 1.54) is 18.2 Å². The molecule has 0 spiro atoms. The van der Waals surface area contributed by atoms with Gasteiger partial charge in [-0.3, -0.25) is 14.4 Å². The average molecular weight is 308 g/mol. The van der Waals surface area contributed by atoms with Gasteiger partial charge in [-0.1, -0.05) is 0 Å². The predicted molar refractivity (Wildman–Crippen MR) is 71.6 cm³/mol. The third kappa shape index (κ3) is 3.55. The molecule has 0 amide bonds. The lowest BCUT2D eigenvalue weighted by molar-refractivity contribution is 0.102. The summed E-state index contributed by atoms with van der Waals surface area (Å²) < 4.78 is 0. The molecule has 1 rings (SSSR count). The summed E-state index contributed by atoms with van der Waals surface area (Å²) in [5.41, 5.74) is 0.610. The van der Waals surface area contributed by atoms with E-state index in [9.17, 15) is 14.4 Å². The molecule has 0 radical (unpaired) electrons. The second-order valence-corrected chi connectivity index (χ2v) is 4.27. The fourth-order valence-corrected chi connectivity index (χ4v) is 1.80. The van der Waals surface area contributed by atoms with Gasteiger partial charge in [-0.25, -0.2) is 0 Å². The van der Waals surface area contributed by atoms with Crippen LogP contribution in [0.15, 0.2) is 18.2 Å². The van der Waals surface area contributed by atoms with E-state index < -0.39 is 0 Å². The van der Waals surface area contributed by atoms with Crippen LogP contribution in [0.25, 0.3) is 0 Å². The first-order chi connectivity index (χ1) is 8.53. The van der Waals surface area contributed by atoms with Crippen LogP contribution < -0.4 is 0 Å². The van der Waals surface area contributed by atoms with Crippen LogP contribution in [0, 0.1) is 0 Å². The Bertz CT molecular complexity index is 414. The van der Waals surface area contributed by atoms with Crippen molar-refractivity contribution in [1.29, 1.82) is 0 Å². The maximum Gasteiger partial charge on any atom is 0.177 e. The Balaban J connectivity index is 3.32. The van der Waals surface area contributed by atoms with Gasteiger partial charge >= 0.3 is 0 Å². The molecule has 6 heteroatoms. The van der Waals surface area contributed by atoms with Gasteiger partial charge in [0.15, 0.2) is 17.3 Å². The van der Waals surface area contributed by atoms with E-state index in [0.717, 1.165) is 0 Å². The van der Waals surface area contributed by atoms with Crippen molar-refractivity contribution in [2.45, 2.75) is 0 Å². The smallest absolute Gasteiger partial charge is 0.177 e. The summed E-state index contributed by atoms with van der Waals surface area (Å²) in [6, 6.07) is 4.13. The average Bonchev–Trinajstić information content (AvgIpc) is 2.43. The minimum Gasteiger partial charge on any atom is -0.293 e. The maximum absolute atomic E-state index is 11.5. The van der Waals surface area contributed by atoms with Gasteiger partial charge in [-0.05, 0) is 18.2 Å². The second kappa shape index (κ2) is 6.88. The molecule has 0 unspecified atom stereocenters. The lowest BCUT2D eigenvalue weighted by Crippen LogP contribution is -2.10. The van der Waals surface area contributed by atoms with Gasteiger partial charge in [0, 0.05) is 16.7 Å². The van der Waals surface area contributed by atoms with E-state index in [1.54, 1.807) is 0 Å². The van der Waals surface area contributed by atoms with Crippen molar-refractivity contribution in [3.63, 3.8) is 0 Å². The van der Waals surface area contributed by atoms with Gasteiger partial charge < -0.3 is 0 Å². The Morgan fingerprint density at radius 1 is 0.667 bits per heavy atom. The minimum atomic E-state index is -0.371. The molecule has 0 heterocycles. The highest BCUT2D eigenvalue weighted by molar-refractivity contribution is 6.33. The summed E-state index contributed by atoms with van der Waals surface area (Å²) in [5, 5.41) is 0. The SMILES string of the molecule is O=C(CCl)c1cc(C(=O)CCl)cc(C(=O)CCl)c1. The summed E-state index contributed by atoms with van der Waals surface area (Å²) in [5.74, 6) is -1.80. The van der Waals surface area contributed by atoms with Gasteiger partial charge in [0.05, 0.1) is 17.6 Å². The van der Waals surface area contributed by atoms with Gasteiger partial charge in [0.2, 0.25) is 0 Å². The van der Waals surface area contributed by atoms with Crippen LogP contribution in [0.2, 0.25) is 0 Å². The van der Waals surface area contributed by atoms with Crippen molar-refractivity contribution in [3.05, 3.63) is 34.9 Å². The highest BCUT2D eigenvalue weighted by Crippen LogP contribution is 2.14. The first kappa shape index (κ1) is 15.2. The van der Waals surface area contributed by atoms with Crippen molar-refractivity contribution in [1.82, 2.24) is 0 Å². The van der Waals surface area contributed by atoms with E-state index in [0.29, 0.717) is 0 Å². The highest BCUT2D eigenvalue weighted by atomic mass is 35.5. The molecular formula is C12H9Cl3O3. The normalized spacial score (nSPS) is 10.2. The molecule has 0 saturated carbocycles. The van der Waals surface area contributed by atoms with Gasteiger partial charge in [-0.15, -0.1) is 34.8 Å². The Morgan fingerprint density at radius 3 is 1.06 bits per heavy atom. The molecule has 1 aromatic rings. The summed E-state index contributed by atoms with van der Waals surface area (Å²) >= 11 is 16.3. The van der Waals surface area contributed by atoms with E-state index in [2.05, 4.69) is 0 Å². The highest BCUT2D eigenvalue weighted by Gasteiger charge is 2.15. The largest absolute Gasteiger partial charge is 0.293 e. The van der Waals surface area contributed by atoms with Crippen LogP contribution >= 0.6 is 34.8 Å². The predicted octanol–water partition coefficient (Wildman–Crippen LogP) is 2.95. The number of hydrogen-bond donors (Lipinski definition) is 0. The number of ketones is 3. The molecule has 0 bridgehead atoms. The molecule has 0 aliphatic carbocycles. The summed E-state index contributed by atoms with van der Waals surface area (Å²) in [7, 11) is 0. The summed E-state index contributed by atoms with van der Waals surface area (Å²) in [4.78, 5) is 34.6. The monoisotopic (exact) mass is 306 g/mol. The number of carbonyl (C=O) groups excluding carboxylic acids is 3. The molecule has 0 aliphatic rings. The Morgan fingerprint density at radius 2 is 0.889 bits per heavy atom. The minimum absolute atomic E-state index is 0.203. The lowest BCUT2D eigenvalue weighted by Gasteiger charge is -2.05. The fraction of sp³-hybridized carbons (Fsp3) is 0.250.